The van der Waals surface area contributed by atoms with Crippen LogP contribution in [-0.4, -0.2) is 30.4 Å². The third-order valence-electron chi connectivity index (χ3n) is 4.33. The summed E-state index contributed by atoms with van der Waals surface area (Å²) in [4.78, 5) is 4.51. The minimum atomic E-state index is 0.605. The molecule has 0 unspecified atom stereocenters. The van der Waals surface area contributed by atoms with Gasteiger partial charge in [-0.2, -0.15) is 0 Å². The predicted molar refractivity (Wildman–Crippen MR) is 107 cm³/mol. The highest BCUT2D eigenvalue weighted by molar-refractivity contribution is 5.63. The molecule has 0 bridgehead atoms. The van der Waals surface area contributed by atoms with E-state index in [0.29, 0.717) is 13.2 Å². The van der Waals surface area contributed by atoms with Gasteiger partial charge in [0, 0.05) is 19.2 Å². The number of ether oxygens (including phenoxy) is 3. The molecular weight excluding hydrogens is 342 g/mol. The van der Waals surface area contributed by atoms with Gasteiger partial charge in [0.25, 0.3) is 0 Å². The summed E-state index contributed by atoms with van der Waals surface area (Å²) in [5.41, 5.74) is 3.15. The molecule has 1 N–H and O–H groups in total. The molecule has 0 aliphatic carbocycles. The molecule has 27 heavy (non-hydrogen) atoms. The highest BCUT2D eigenvalue weighted by Gasteiger charge is 2.10. The zero-order valence-corrected chi connectivity index (χ0v) is 16.2. The fourth-order valence-electron chi connectivity index (χ4n) is 2.90. The number of hydrogen-bond acceptors (Lipinski definition) is 5. The van der Waals surface area contributed by atoms with Crippen molar-refractivity contribution in [2.45, 2.75) is 13.5 Å². The van der Waals surface area contributed by atoms with E-state index in [9.17, 15) is 0 Å². The van der Waals surface area contributed by atoms with Crippen molar-refractivity contribution in [3.63, 3.8) is 0 Å². The van der Waals surface area contributed by atoms with Crippen molar-refractivity contribution in [3.05, 3.63) is 54.2 Å². The number of imidazole rings is 1. The fraction of sp³-hybridized carbons (Fsp3) is 0.286. The Balaban J connectivity index is 1.75. The van der Waals surface area contributed by atoms with Gasteiger partial charge in [-0.1, -0.05) is 18.2 Å². The molecule has 0 radical (unpaired) electrons. The van der Waals surface area contributed by atoms with Crippen molar-refractivity contribution in [1.29, 1.82) is 0 Å². The Hall–Kier alpha value is -3.15. The number of methoxy groups -OCH3 is 2. The molecule has 0 saturated carbocycles. The van der Waals surface area contributed by atoms with Gasteiger partial charge in [-0.25, -0.2) is 4.98 Å². The number of benzene rings is 2. The largest absolute Gasteiger partial charge is 0.497 e. The SMILES string of the molecule is CCOc1ccc(CNc2ncc(-c3cccc(OC)c3)n2C)cc1OC. The third kappa shape index (κ3) is 4.16. The fourth-order valence-corrected chi connectivity index (χ4v) is 2.90. The molecule has 142 valence electrons. The standard InChI is InChI=1S/C21H25N3O3/c1-5-27-19-10-9-15(11-20(19)26-4)13-22-21-23-14-18(24(21)2)16-7-6-8-17(12-16)25-3/h6-12,14H,5,13H2,1-4H3,(H,22,23). The van der Waals surface area contributed by atoms with Gasteiger partial charge >= 0.3 is 0 Å². The van der Waals surface area contributed by atoms with E-state index in [4.69, 9.17) is 14.2 Å². The molecule has 3 rings (SSSR count). The van der Waals surface area contributed by atoms with E-state index in [-0.39, 0.29) is 0 Å². The lowest BCUT2D eigenvalue weighted by atomic mass is 10.1. The van der Waals surface area contributed by atoms with Gasteiger partial charge in [0.2, 0.25) is 5.95 Å². The summed E-state index contributed by atoms with van der Waals surface area (Å²) in [7, 11) is 5.30. The van der Waals surface area contributed by atoms with E-state index < -0.39 is 0 Å². The lowest BCUT2D eigenvalue weighted by molar-refractivity contribution is 0.310. The third-order valence-corrected chi connectivity index (χ3v) is 4.33. The maximum Gasteiger partial charge on any atom is 0.203 e. The summed E-state index contributed by atoms with van der Waals surface area (Å²) >= 11 is 0. The average molecular weight is 367 g/mol. The average Bonchev–Trinajstić information content (AvgIpc) is 3.07. The van der Waals surface area contributed by atoms with Gasteiger partial charge in [-0.3, -0.25) is 0 Å². The van der Waals surface area contributed by atoms with E-state index in [1.807, 2.05) is 67.2 Å². The van der Waals surface area contributed by atoms with Crippen LogP contribution in [0, 0.1) is 0 Å². The van der Waals surface area contributed by atoms with Crippen LogP contribution in [0.4, 0.5) is 5.95 Å². The number of anilines is 1. The summed E-state index contributed by atoms with van der Waals surface area (Å²) in [6, 6.07) is 13.9. The van der Waals surface area contributed by atoms with Crippen LogP contribution in [-0.2, 0) is 13.6 Å². The van der Waals surface area contributed by atoms with E-state index in [0.717, 1.165) is 40.0 Å². The van der Waals surface area contributed by atoms with Gasteiger partial charge in [0.05, 0.1) is 32.7 Å². The molecule has 6 heteroatoms. The first-order valence-corrected chi connectivity index (χ1v) is 8.86. The molecule has 0 aliphatic rings. The Labute approximate surface area is 159 Å². The Bertz CT molecular complexity index is 905. The second-order valence-corrected chi connectivity index (χ2v) is 6.03. The number of aromatic nitrogens is 2. The Kier molecular flexibility index (Phi) is 5.86. The number of nitrogens with one attached hydrogen (secondary N) is 1. The quantitative estimate of drug-likeness (QED) is 0.649. The van der Waals surface area contributed by atoms with Gasteiger partial charge in [0.1, 0.15) is 5.75 Å². The molecule has 6 nitrogen and oxygen atoms in total. The summed E-state index contributed by atoms with van der Waals surface area (Å²) in [5.74, 6) is 3.10. The first-order valence-electron chi connectivity index (χ1n) is 8.86. The minimum Gasteiger partial charge on any atom is -0.497 e. The number of nitrogens with zero attached hydrogens (tertiary/aromatic N) is 2. The number of hydrogen-bond donors (Lipinski definition) is 1. The second kappa shape index (κ2) is 8.49. The molecule has 1 aromatic heterocycles. The first kappa shape index (κ1) is 18.6. The van der Waals surface area contributed by atoms with E-state index >= 15 is 0 Å². The molecule has 0 saturated heterocycles. The normalized spacial score (nSPS) is 10.5. The van der Waals surface area contributed by atoms with Gasteiger partial charge in [-0.05, 0) is 36.8 Å². The van der Waals surface area contributed by atoms with E-state index in [1.54, 1.807) is 14.2 Å². The van der Waals surface area contributed by atoms with Crippen molar-refractivity contribution in [1.82, 2.24) is 9.55 Å². The highest BCUT2D eigenvalue weighted by atomic mass is 16.5. The Morgan fingerprint density at radius 1 is 1.04 bits per heavy atom. The molecule has 0 aliphatic heterocycles. The van der Waals surface area contributed by atoms with Crippen LogP contribution in [0.2, 0.25) is 0 Å². The zero-order valence-electron chi connectivity index (χ0n) is 16.2. The molecule has 1 heterocycles. The van der Waals surface area contributed by atoms with E-state index in [1.165, 1.54) is 0 Å². The van der Waals surface area contributed by atoms with Gasteiger partial charge < -0.3 is 24.1 Å². The van der Waals surface area contributed by atoms with Gasteiger partial charge in [0.15, 0.2) is 11.5 Å². The lowest BCUT2D eigenvalue weighted by Crippen LogP contribution is -2.06. The topological polar surface area (TPSA) is 57.5 Å². The smallest absolute Gasteiger partial charge is 0.203 e. The molecule has 0 fully saturated rings. The van der Waals surface area contributed by atoms with Crippen molar-refractivity contribution in [2.75, 3.05) is 26.1 Å². The monoisotopic (exact) mass is 367 g/mol. The second-order valence-electron chi connectivity index (χ2n) is 6.03. The lowest BCUT2D eigenvalue weighted by Gasteiger charge is -2.12. The van der Waals surface area contributed by atoms with Crippen molar-refractivity contribution in [3.8, 4) is 28.5 Å². The Morgan fingerprint density at radius 3 is 2.63 bits per heavy atom. The molecule has 0 atom stereocenters. The number of rotatable bonds is 8. The molecule has 2 aromatic carbocycles. The van der Waals surface area contributed by atoms with Crippen molar-refractivity contribution < 1.29 is 14.2 Å². The maximum atomic E-state index is 5.56. The van der Waals surface area contributed by atoms with Crippen LogP contribution in [0.15, 0.2) is 48.7 Å². The molecular formula is C21H25N3O3. The van der Waals surface area contributed by atoms with Gasteiger partial charge in [-0.15, -0.1) is 0 Å². The summed E-state index contributed by atoms with van der Waals surface area (Å²) in [5, 5.41) is 3.37. The van der Waals surface area contributed by atoms with Crippen LogP contribution in [0.3, 0.4) is 0 Å². The summed E-state index contributed by atoms with van der Waals surface area (Å²) in [6.45, 7) is 3.19. The van der Waals surface area contributed by atoms with Crippen LogP contribution in [0.1, 0.15) is 12.5 Å². The van der Waals surface area contributed by atoms with Crippen LogP contribution >= 0.6 is 0 Å². The molecule has 0 amide bonds. The van der Waals surface area contributed by atoms with Crippen molar-refractivity contribution in [2.24, 2.45) is 7.05 Å². The summed E-state index contributed by atoms with van der Waals surface area (Å²) in [6.07, 6.45) is 1.86. The molecule has 3 aromatic rings. The predicted octanol–water partition coefficient (Wildman–Crippen LogP) is 4.12. The van der Waals surface area contributed by atoms with Crippen molar-refractivity contribution >= 4 is 5.95 Å². The van der Waals surface area contributed by atoms with Crippen LogP contribution < -0.4 is 19.5 Å². The zero-order chi connectivity index (χ0) is 19.2. The highest BCUT2D eigenvalue weighted by Crippen LogP contribution is 2.29. The summed E-state index contributed by atoms with van der Waals surface area (Å²) < 4.78 is 18.3. The Morgan fingerprint density at radius 2 is 1.89 bits per heavy atom. The maximum absolute atomic E-state index is 5.56. The van der Waals surface area contributed by atoms with Crippen LogP contribution in [0.25, 0.3) is 11.3 Å². The minimum absolute atomic E-state index is 0.605. The first-order chi connectivity index (χ1) is 13.2. The van der Waals surface area contributed by atoms with E-state index in [2.05, 4.69) is 10.3 Å². The van der Waals surface area contributed by atoms with Crippen LogP contribution in [0.5, 0.6) is 17.2 Å². The molecule has 0 spiro atoms.